The zero-order valence-electron chi connectivity index (χ0n) is 11.7. The molecule has 1 aromatic carbocycles. The molecule has 0 fully saturated rings. The van der Waals surface area contributed by atoms with E-state index in [0.29, 0.717) is 17.5 Å². The molecule has 6 nitrogen and oxygen atoms in total. The summed E-state index contributed by atoms with van der Waals surface area (Å²) in [7, 11) is 1.91. The highest BCUT2D eigenvalue weighted by atomic mass is 16.5. The summed E-state index contributed by atoms with van der Waals surface area (Å²) < 4.78 is 7.32. The maximum Gasteiger partial charge on any atom is 0.238 e. The van der Waals surface area contributed by atoms with Gasteiger partial charge in [-0.3, -0.25) is 0 Å². The van der Waals surface area contributed by atoms with Crippen LogP contribution in [0, 0.1) is 0 Å². The fourth-order valence-corrected chi connectivity index (χ4v) is 2.69. The van der Waals surface area contributed by atoms with E-state index in [9.17, 15) is 0 Å². The van der Waals surface area contributed by atoms with Crippen molar-refractivity contribution >= 4 is 5.69 Å². The smallest absolute Gasteiger partial charge is 0.238 e. The Morgan fingerprint density at radius 1 is 1.33 bits per heavy atom. The van der Waals surface area contributed by atoms with Crippen LogP contribution in [0.3, 0.4) is 0 Å². The molecule has 2 aromatic heterocycles. The van der Waals surface area contributed by atoms with Crippen molar-refractivity contribution in [2.75, 3.05) is 11.9 Å². The van der Waals surface area contributed by atoms with Crippen LogP contribution in [0.5, 0.6) is 0 Å². The fourth-order valence-electron chi connectivity index (χ4n) is 2.69. The molecule has 3 heterocycles. The summed E-state index contributed by atoms with van der Waals surface area (Å²) in [6.45, 7) is 0.805. The lowest BCUT2D eigenvalue weighted by molar-refractivity contribution is 0.354. The monoisotopic (exact) mass is 281 g/mol. The largest absolute Gasteiger partial charge is 0.384 e. The summed E-state index contributed by atoms with van der Waals surface area (Å²) in [4.78, 5) is 8.75. The van der Waals surface area contributed by atoms with Crippen LogP contribution in [0.2, 0.25) is 0 Å². The van der Waals surface area contributed by atoms with Gasteiger partial charge in [-0.05, 0) is 18.1 Å². The molecule has 1 aliphatic rings. The van der Waals surface area contributed by atoms with E-state index in [0.717, 1.165) is 13.0 Å². The number of benzene rings is 1. The first-order valence-electron chi connectivity index (χ1n) is 6.94. The Hall–Kier alpha value is -2.63. The van der Waals surface area contributed by atoms with Crippen molar-refractivity contribution in [3.8, 4) is 11.6 Å². The molecule has 106 valence electrons. The first-order chi connectivity index (χ1) is 10.3. The first-order valence-corrected chi connectivity index (χ1v) is 6.94. The number of para-hydroxylation sites is 1. The highest BCUT2D eigenvalue weighted by Crippen LogP contribution is 2.30. The minimum Gasteiger partial charge on any atom is -0.384 e. The van der Waals surface area contributed by atoms with Gasteiger partial charge in [0.2, 0.25) is 11.7 Å². The molecule has 1 atom stereocenters. The number of hydrogen-bond acceptors (Lipinski definition) is 5. The van der Waals surface area contributed by atoms with Crippen LogP contribution in [-0.2, 0) is 13.5 Å². The fraction of sp³-hybridized carbons (Fsp3) is 0.267. The molecule has 3 aromatic rings. The lowest BCUT2D eigenvalue weighted by Gasteiger charge is -2.23. The van der Waals surface area contributed by atoms with E-state index in [1.54, 1.807) is 6.20 Å². The molecule has 6 heteroatoms. The van der Waals surface area contributed by atoms with Crippen LogP contribution < -0.4 is 5.32 Å². The van der Waals surface area contributed by atoms with Crippen molar-refractivity contribution in [2.45, 2.75) is 12.3 Å². The molecule has 1 unspecified atom stereocenters. The van der Waals surface area contributed by atoms with Gasteiger partial charge in [0, 0.05) is 31.7 Å². The Morgan fingerprint density at radius 2 is 2.24 bits per heavy atom. The number of nitrogens with one attached hydrogen (secondary N) is 1. The average molecular weight is 281 g/mol. The topological polar surface area (TPSA) is 68.8 Å². The van der Waals surface area contributed by atoms with E-state index in [-0.39, 0.29) is 5.92 Å². The van der Waals surface area contributed by atoms with Gasteiger partial charge in [0.25, 0.3) is 0 Å². The summed E-state index contributed by atoms with van der Waals surface area (Å²) >= 11 is 0. The van der Waals surface area contributed by atoms with Crippen LogP contribution in [0.1, 0.15) is 17.4 Å². The molecule has 0 spiro atoms. The molecule has 4 rings (SSSR count). The molecule has 0 saturated carbocycles. The second kappa shape index (κ2) is 4.73. The lowest BCUT2D eigenvalue weighted by Crippen LogP contribution is -2.21. The van der Waals surface area contributed by atoms with Crippen molar-refractivity contribution in [2.24, 2.45) is 7.05 Å². The zero-order valence-corrected chi connectivity index (χ0v) is 11.7. The predicted octanol–water partition coefficient (Wildman–Crippen LogP) is 2.22. The Kier molecular flexibility index (Phi) is 2.73. The highest BCUT2D eigenvalue weighted by molar-refractivity contribution is 5.54. The van der Waals surface area contributed by atoms with Crippen LogP contribution in [0.25, 0.3) is 11.6 Å². The molecule has 0 saturated heterocycles. The van der Waals surface area contributed by atoms with Crippen LogP contribution in [0.4, 0.5) is 5.69 Å². The molecule has 1 N–H and O–H groups in total. The van der Waals surface area contributed by atoms with E-state index >= 15 is 0 Å². The molecule has 0 amide bonds. The summed E-state index contributed by atoms with van der Waals surface area (Å²) in [6.07, 6.45) is 4.50. The van der Waals surface area contributed by atoms with Gasteiger partial charge in [-0.1, -0.05) is 23.4 Å². The van der Waals surface area contributed by atoms with Crippen molar-refractivity contribution in [3.05, 3.63) is 48.1 Å². The van der Waals surface area contributed by atoms with Gasteiger partial charge >= 0.3 is 0 Å². The first kappa shape index (κ1) is 12.1. The van der Waals surface area contributed by atoms with Crippen LogP contribution in [-0.4, -0.2) is 26.2 Å². The minimum absolute atomic E-state index is 0.196. The molecular formula is C15H15N5O. The van der Waals surface area contributed by atoms with Gasteiger partial charge in [0.05, 0.1) is 5.92 Å². The van der Waals surface area contributed by atoms with E-state index in [2.05, 4.69) is 38.6 Å². The second-order valence-electron chi connectivity index (χ2n) is 5.26. The molecule has 0 radical (unpaired) electrons. The number of fused-ring (bicyclic) bond motifs is 1. The van der Waals surface area contributed by atoms with Gasteiger partial charge in [-0.15, -0.1) is 0 Å². The van der Waals surface area contributed by atoms with Crippen LogP contribution in [0.15, 0.2) is 41.2 Å². The Labute approximate surface area is 121 Å². The predicted molar refractivity (Wildman–Crippen MR) is 77.9 cm³/mol. The summed E-state index contributed by atoms with van der Waals surface area (Å²) in [5, 5.41) is 7.47. The standard InChI is InChI=1S/C15H15N5O/c1-20-7-6-16-14(20)13-18-15(21-19-13)11-8-10-4-2-3-5-12(10)17-9-11/h2-7,11,17H,8-9H2,1H3. The SMILES string of the molecule is Cn1ccnc1-c1noc(C2CNc3ccccc3C2)n1. The number of imidazole rings is 1. The van der Waals surface area contributed by atoms with Crippen molar-refractivity contribution in [1.29, 1.82) is 0 Å². The molecule has 1 aliphatic heterocycles. The lowest BCUT2D eigenvalue weighted by atomic mass is 9.94. The number of rotatable bonds is 2. The Morgan fingerprint density at radius 3 is 3.10 bits per heavy atom. The molecule has 21 heavy (non-hydrogen) atoms. The second-order valence-corrected chi connectivity index (χ2v) is 5.26. The molecule has 0 bridgehead atoms. The number of hydrogen-bond donors (Lipinski definition) is 1. The van der Waals surface area contributed by atoms with Gasteiger partial charge in [-0.2, -0.15) is 4.98 Å². The van der Waals surface area contributed by atoms with Crippen molar-refractivity contribution in [1.82, 2.24) is 19.7 Å². The van der Waals surface area contributed by atoms with Crippen molar-refractivity contribution < 1.29 is 4.52 Å². The zero-order chi connectivity index (χ0) is 14.2. The molecular weight excluding hydrogens is 266 g/mol. The minimum atomic E-state index is 0.196. The normalized spacial score (nSPS) is 17.3. The van der Waals surface area contributed by atoms with Gasteiger partial charge < -0.3 is 14.4 Å². The Balaban J connectivity index is 1.61. The maximum atomic E-state index is 5.44. The van der Waals surface area contributed by atoms with Crippen molar-refractivity contribution in [3.63, 3.8) is 0 Å². The highest BCUT2D eigenvalue weighted by Gasteiger charge is 2.25. The number of nitrogens with zero attached hydrogens (tertiary/aromatic N) is 4. The third kappa shape index (κ3) is 2.08. The number of aryl methyl sites for hydroxylation is 1. The van der Waals surface area contributed by atoms with Gasteiger partial charge in [0.1, 0.15) is 0 Å². The average Bonchev–Trinajstić information content (AvgIpc) is 3.15. The van der Waals surface area contributed by atoms with E-state index in [1.807, 2.05) is 23.9 Å². The quantitative estimate of drug-likeness (QED) is 0.780. The van der Waals surface area contributed by atoms with Crippen LogP contribution >= 0.6 is 0 Å². The summed E-state index contributed by atoms with van der Waals surface area (Å²) in [6, 6.07) is 8.32. The van der Waals surface area contributed by atoms with Gasteiger partial charge in [0.15, 0.2) is 5.82 Å². The number of anilines is 1. The van der Waals surface area contributed by atoms with Gasteiger partial charge in [-0.25, -0.2) is 4.98 Å². The van der Waals surface area contributed by atoms with E-state index < -0.39 is 0 Å². The maximum absolute atomic E-state index is 5.44. The third-order valence-electron chi connectivity index (χ3n) is 3.83. The van der Waals surface area contributed by atoms with E-state index in [4.69, 9.17) is 4.52 Å². The molecule has 0 aliphatic carbocycles. The number of aromatic nitrogens is 4. The summed E-state index contributed by atoms with van der Waals surface area (Å²) in [5.41, 5.74) is 2.48. The van der Waals surface area contributed by atoms with E-state index in [1.165, 1.54) is 11.3 Å². The third-order valence-corrected chi connectivity index (χ3v) is 3.83. The summed E-state index contributed by atoms with van der Waals surface area (Å²) in [5.74, 6) is 2.11. The Bertz CT molecular complexity index is 776.